The number of nitrogens with one attached hydrogen (secondary N) is 1. The van der Waals surface area contributed by atoms with Crippen LogP contribution >= 0.6 is 0 Å². The molecule has 0 heterocycles. The Labute approximate surface area is 186 Å². The zero-order valence-corrected chi connectivity index (χ0v) is 19.2. The van der Waals surface area contributed by atoms with E-state index in [9.17, 15) is 0 Å². The van der Waals surface area contributed by atoms with Crippen molar-refractivity contribution in [1.29, 1.82) is 0 Å². The summed E-state index contributed by atoms with van der Waals surface area (Å²) in [6.45, 7) is 1.21. The minimum Gasteiger partial charge on any atom is -0.314 e. The number of rotatable bonds is 8. The summed E-state index contributed by atoms with van der Waals surface area (Å²) in [5.41, 5.74) is 1.42. The Morgan fingerprint density at radius 1 is 0.567 bits per heavy atom. The van der Waals surface area contributed by atoms with Crippen LogP contribution in [0.3, 0.4) is 0 Å². The molecule has 1 heteroatoms. The molecule has 0 aromatic heterocycles. The monoisotopic (exact) mass is 407 g/mol. The average molecular weight is 408 g/mol. The zero-order chi connectivity index (χ0) is 21.0. The fraction of sp³-hybridized carbons (Fsp3) is 0.586. The lowest BCUT2D eigenvalue weighted by Gasteiger charge is -2.18. The highest BCUT2D eigenvalue weighted by molar-refractivity contribution is 5.29. The lowest BCUT2D eigenvalue weighted by molar-refractivity contribution is 0.415. The summed E-state index contributed by atoms with van der Waals surface area (Å²) < 4.78 is 0. The van der Waals surface area contributed by atoms with Crippen LogP contribution in [0.5, 0.6) is 0 Å². The minimum atomic E-state index is 0.776. The summed E-state index contributed by atoms with van der Waals surface area (Å²) in [5, 5.41) is 3.89. The van der Waals surface area contributed by atoms with Crippen molar-refractivity contribution in [3.63, 3.8) is 0 Å². The predicted octanol–water partition coefficient (Wildman–Crippen LogP) is 8.53. The van der Waals surface area contributed by atoms with Crippen LogP contribution in [0.2, 0.25) is 0 Å². The first-order valence-electron chi connectivity index (χ1n) is 12.7. The summed E-state index contributed by atoms with van der Waals surface area (Å²) in [4.78, 5) is 0. The van der Waals surface area contributed by atoms with Gasteiger partial charge in [-0.2, -0.15) is 0 Å². The van der Waals surface area contributed by atoms with Gasteiger partial charge in [-0.05, 0) is 44.2 Å². The first-order valence-corrected chi connectivity index (χ1v) is 12.7. The van der Waals surface area contributed by atoms with Crippen LogP contribution in [-0.4, -0.2) is 12.6 Å². The molecule has 0 amide bonds. The fourth-order valence-electron chi connectivity index (χ4n) is 4.33. The number of hydrogen-bond acceptors (Lipinski definition) is 1. The van der Waals surface area contributed by atoms with Crippen LogP contribution in [-0.2, 0) is 0 Å². The maximum atomic E-state index is 3.89. The number of unbranched alkanes of at least 4 members (excludes halogenated alkanes) is 3. The molecular formula is C29H45N. The van der Waals surface area contributed by atoms with E-state index in [0.29, 0.717) is 0 Å². The zero-order valence-electron chi connectivity index (χ0n) is 19.2. The minimum absolute atomic E-state index is 0.776. The predicted molar refractivity (Wildman–Crippen MR) is 135 cm³/mol. The second-order valence-electron chi connectivity index (χ2n) is 8.86. The highest BCUT2D eigenvalue weighted by atomic mass is 14.9. The molecule has 0 bridgehead atoms. The quantitative estimate of drug-likeness (QED) is 0.397. The third-order valence-electron chi connectivity index (χ3n) is 6.19. The first-order chi connectivity index (χ1) is 14.9. The maximum Gasteiger partial charge on any atom is 0.00670 e. The van der Waals surface area contributed by atoms with Crippen molar-refractivity contribution in [2.24, 2.45) is 0 Å². The molecule has 2 aliphatic rings. The van der Waals surface area contributed by atoms with Crippen molar-refractivity contribution in [3.05, 3.63) is 72.4 Å². The molecule has 0 saturated heterocycles. The average Bonchev–Trinajstić information content (AvgIpc) is 2.80. The smallest absolute Gasteiger partial charge is 0.00670 e. The molecule has 2 rings (SSSR count). The van der Waals surface area contributed by atoms with Gasteiger partial charge in [-0.3, -0.25) is 0 Å². The van der Waals surface area contributed by atoms with Gasteiger partial charge in [0.1, 0.15) is 0 Å². The van der Waals surface area contributed by atoms with Crippen LogP contribution in [0, 0.1) is 0 Å². The van der Waals surface area contributed by atoms with Gasteiger partial charge >= 0.3 is 0 Å². The Kier molecular flexibility index (Phi) is 15.0. The number of hydrogen-bond donors (Lipinski definition) is 1. The summed E-state index contributed by atoms with van der Waals surface area (Å²) in [6.07, 6.45) is 44.2. The van der Waals surface area contributed by atoms with Crippen molar-refractivity contribution < 1.29 is 0 Å². The van der Waals surface area contributed by atoms with Crippen molar-refractivity contribution in [2.75, 3.05) is 6.54 Å². The van der Waals surface area contributed by atoms with Crippen LogP contribution in [0.1, 0.15) is 96.3 Å². The molecule has 0 atom stereocenters. The normalized spacial score (nSPS) is 26.7. The molecule has 1 nitrogen and oxygen atoms in total. The van der Waals surface area contributed by atoms with Crippen molar-refractivity contribution in [1.82, 2.24) is 5.32 Å². The summed E-state index contributed by atoms with van der Waals surface area (Å²) in [7, 11) is 0. The van der Waals surface area contributed by atoms with Gasteiger partial charge < -0.3 is 5.32 Å². The van der Waals surface area contributed by atoms with E-state index in [2.05, 4.69) is 72.2 Å². The van der Waals surface area contributed by atoms with Gasteiger partial charge in [0.2, 0.25) is 0 Å². The van der Waals surface area contributed by atoms with E-state index < -0.39 is 0 Å². The molecule has 0 aromatic rings. The van der Waals surface area contributed by atoms with E-state index in [-0.39, 0.29) is 0 Å². The van der Waals surface area contributed by atoms with E-state index in [0.717, 1.165) is 6.04 Å². The Bertz CT molecular complexity index is 575. The Morgan fingerprint density at radius 3 is 1.77 bits per heavy atom. The van der Waals surface area contributed by atoms with Crippen molar-refractivity contribution in [2.45, 2.75) is 102 Å². The second-order valence-corrected chi connectivity index (χ2v) is 8.86. The topological polar surface area (TPSA) is 12.0 Å². The van der Waals surface area contributed by atoms with E-state index in [4.69, 9.17) is 0 Å². The maximum absolute atomic E-state index is 3.89. The molecule has 2 aliphatic carbocycles. The van der Waals surface area contributed by atoms with E-state index in [1.807, 2.05) is 0 Å². The third-order valence-corrected chi connectivity index (χ3v) is 6.19. The Morgan fingerprint density at radius 2 is 1.10 bits per heavy atom. The standard InChI is InChI=1S/C29H45N/c1-2-6-10-16-22-28(23-17-11-7-3-1)24-18-14-15-21-27-30-29-25-19-12-8-4-5-9-13-20-26-29/h1-3,6-7,10-11,16-17,22-23,29-30H,4-5,8-9,12-15,18-21,24-27H2/b2-1-,3-1?,6-2?,7-3-,10-6-,11-7?,16-10?,17-11-,22-16-,23-17?,28-22?,28-23+. The largest absolute Gasteiger partial charge is 0.314 e. The lowest BCUT2D eigenvalue weighted by Crippen LogP contribution is -2.30. The highest BCUT2D eigenvalue weighted by Gasteiger charge is 2.08. The molecule has 1 fully saturated rings. The molecule has 166 valence electrons. The van der Waals surface area contributed by atoms with Crippen molar-refractivity contribution >= 4 is 0 Å². The van der Waals surface area contributed by atoms with Crippen LogP contribution in [0.15, 0.2) is 72.4 Å². The molecule has 0 unspecified atom stereocenters. The van der Waals surface area contributed by atoms with Gasteiger partial charge in [0.25, 0.3) is 0 Å². The highest BCUT2D eigenvalue weighted by Crippen LogP contribution is 2.17. The second kappa shape index (κ2) is 18.2. The molecule has 1 N–H and O–H groups in total. The van der Waals surface area contributed by atoms with E-state index in [1.165, 1.54) is 108 Å². The lowest BCUT2D eigenvalue weighted by atomic mass is 10.0. The Hall–Kier alpha value is -1.60. The van der Waals surface area contributed by atoms with Gasteiger partial charge in [0, 0.05) is 6.04 Å². The summed E-state index contributed by atoms with van der Waals surface area (Å²) in [6, 6.07) is 0.776. The summed E-state index contributed by atoms with van der Waals surface area (Å²) in [5.74, 6) is 0. The van der Waals surface area contributed by atoms with Gasteiger partial charge in [-0.1, -0.05) is 131 Å². The van der Waals surface area contributed by atoms with Crippen LogP contribution in [0.4, 0.5) is 0 Å². The van der Waals surface area contributed by atoms with E-state index in [1.54, 1.807) is 0 Å². The molecule has 0 aliphatic heterocycles. The van der Waals surface area contributed by atoms with Gasteiger partial charge in [-0.25, -0.2) is 0 Å². The van der Waals surface area contributed by atoms with Crippen LogP contribution < -0.4 is 5.32 Å². The van der Waals surface area contributed by atoms with Crippen LogP contribution in [0.25, 0.3) is 0 Å². The van der Waals surface area contributed by atoms with Crippen molar-refractivity contribution in [3.8, 4) is 0 Å². The SMILES string of the molecule is C1=C\C=C/C=C\C(CCCCCCNC2CCCCCCCCCC2)=C/C=C\C=C/1. The fourth-order valence-corrected chi connectivity index (χ4v) is 4.33. The molecule has 30 heavy (non-hydrogen) atoms. The Balaban J connectivity index is 1.58. The van der Waals surface area contributed by atoms with Gasteiger partial charge in [-0.15, -0.1) is 0 Å². The third kappa shape index (κ3) is 13.6. The number of allylic oxidation sites excluding steroid dienone is 12. The summed E-state index contributed by atoms with van der Waals surface area (Å²) >= 11 is 0. The molecular weight excluding hydrogens is 362 g/mol. The first kappa shape index (κ1) is 24.7. The van der Waals surface area contributed by atoms with Gasteiger partial charge in [0.05, 0.1) is 0 Å². The molecule has 1 saturated carbocycles. The van der Waals surface area contributed by atoms with Gasteiger partial charge in [0.15, 0.2) is 0 Å². The molecule has 0 radical (unpaired) electrons. The van der Waals surface area contributed by atoms with E-state index >= 15 is 0 Å². The molecule has 0 aromatic carbocycles. The molecule has 0 spiro atoms.